The Morgan fingerprint density at radius 1 is 1.21 bits per heavy atom. The first-order chi connectivity index (χ1) is 8.94. The normalized spacial score (nSPS) is 16.4. The number of carbonyl (C=O) groups is 1. The number of hydrogen-bond donors (Lipinski definition) is 2. The maximum atomic E-state index is 12.0. The summed E-state index contributed by atoms with van der Waals surface area (Å²) in [4.78, 5) is 12.0. The van der Waals surface area contributed by atoms with Crippen molar-refractivity contribution in [3.63, 3.8) is 0 Å². The van der Waals surface area contributed by atoms with Crippen molar-refractivity contribution >= 4 is 11.7 Å². The highest BCUT2D eigenvalue weighted by Gasteiger charge is 2.19. The van der Waals surface area contributed by atoms with Crippen LogP contribution in [0.4, 0.5) is 5.82 Å². The number of anilines is 1. The molecular weight excluding hydrogens is 240 g/mol. The Hall–Kier alpha value is -1.65. The van der Waals surface area contributed by atoms with Crippen molar-refractivity contribution in [3.05, 3.63) is 17.8 Å². The van der Waals surface area contributed by atoms with Gasteiger partial charge in [-0.05, 0) is 45.7 Å². The monoisotopic (exact) mass is 262 g/mol. The fraction of sp³-hybridized carbons (Fsp3) is 0.643. The van der Waals surface area contributed by atoms with E-state index in [0.717, 1.165) is 12.8 Å². The summed E-state index contributed by atoms with van der Waals surface area (Å²) >= 11 is 0. The van der Waals surface area contributed by atoms with Crippen molar-refractivity contribution in [2.75, 3.05) is 5.32 Å². The Balaban J connectivity index is 1.95. The van der Waals surface area contributed by atoms with E-state index < -0.39 is 0 Å². The van der Waals surface area contributed by atoms with Crippen molar-refractivity contribution in [1.82, 2.24) is 15.5 Å². The van der Waals surface area contributed by atoms with E-state index in [2.05, 4.69) is 41.6 Å². The van der Waals surface area contributed by atoms with E-state index in [1.807, 2.05) is 0 Å². The van der Waals surface area contributed by atoms with Gasteiger partial charge in [0.2, 0.25) is 0 Å². The summed E-state index contributed by atoms with van der Waals surface area (Å²) in [6.45, 7) is 6.15. The van der Waals surface area contributed by atoms with Crippen molar-refractivity contribution in [2.24, 2.45) is 0 Å². The van der Waals surface area contributed by atoms with E-state index in [4.69, 9.17) is 0 Å². The van der Waals surface area contributed by atoms with Crippen LogP contribution in [0.15, 0.2) is 12.1 Å². The summed E-state index contributed by atoms with van der Waals surface area (Å²) in [7, 11) is 0. The number of nitrogens with one attached hydrogen (secondary N) is 2. The maximum absolute atomic E-state index is 12.0. The third-order valence-corrected chi connectivity index (χ3v) is 3.09. The van der Waals surface area contributed by atoms with Crippen LogP contribution in [0.1, 0.15) is 56.9 Å². The van der Waals surface area contributed by atoms with Crippen LogP contribution in [0.5, 0.6) is 0 Å². The molecule has 0 spiro atoms. The van der Waals surface area contributed by atoms with Crippen LogP contribution in [0.25, 0.3) is 0 Å². The highest BCUT2D eigenvalue weighted by Crippen LogP contribution is 2.18. The molecule has 0 bridgehead atoms. The Labute approximate surface area is 114 Å². The zero-order chi connectivity index (χ0) is 13.9. The zero-order valence-corrected chi connectivity index (χ0v) is 11.9. The molecule has 0 aromatic carbocycles. The predicted molar refractivity (Wildman–Crippen MR) is 75.1 cm³/mol. The highest BCUT2D eigenvalue weighted by atomic mass is 16.2. The smallest absolute Gasteiger partial charge is 0.272 e. The number of hydrogen-bond acceptors (Lipinski definition) is 4. The molecule has 1 fully saturated rings. The quantitative estimate of drug-likeness (QED) is 0.877. The van der Waals surface area contributed by atoms with Crippen molar-refractivity contribution < 1.29 is 4.79 Å². The zero-order valence-electron chi connectivity index (χ0n) is 11.9. The van der Waals surface area contributed by atoms with Crippen molar-refractivity contribution in [2.45, 2.75) is 58.0 Å². The Kier molecular flexibility index (Phi) is 4.02. The number of nitrogens with zero attached hydrogens (tertiary/aromatic N) is 2. The second-order valence-corrected chi connectivity index (χ2v) is 6.13. The van der Waals surface area contributed by atoms with E-state index in [1.165, 1.54) is 12.8 Å². The Morgan fingerprint density at radius 2 is 1.89 bits per heavy atom. The molecule has 0 unspecified atom stereocenters. The van der Waals surface area contributed by atoms with E-state index in [9.17, 15) is 4.79 Å². The first kappa shape index (κ1) is 13.8. The summed E-state index contributed by atoms with van der Waals surface area (Å²) < 4.78 is 0. The van der Waals surface area contributed by atoms with Gasteiger partial charge >= 0.3 is 0 Å². The minimum Gasteiger partial charge on any atom is -0.364 e. The van der Waals surface area contributed by atoms with E-state index in [0.29, 0.717) is 17.6 Å². The molecule has 5 heteroatoms. The number of rotatable bonds is 3. The minimum atomic E-state index is -0.123. The summed E-state index contributed by atoms with van der Waals surface area (Å²) in [5.74, 6) is 0.562. The molecule has 1 aromatic heterocycles. The summed E-state index contributed by atoms with van der Waals surface area (Å²) in [5.41, 5.74) is 0.314. The summed E-state index contributed by atoms with van der Waals surface area (Å²) in [6, 6.07) is 3.81. The van der Waals surface area contributed by atoms with Gasteiger partial charge in [0, 0.05) is 11.6 Å². The molecule has 0 atom stereocenters. The molecular formula is C14H22N4O. The predicted octanol–water partition coefficient (Wildman–Crippen LogP) is 2.36. The lowest BCUT2D eigenvalue weighted by Gasteiger charge is -2.20. The molecule has 1 amide bonds. The molecule has 2 rings (SSSR count). The van der Waals surface area contributed by atoms with Gasteiger partial charge in [-0.3, -0.25) is 4.79 Å². The summed E-state index contributed by atoms with van der Waals surface area (Å²) in [6.07, 6.45) is 4.54. The molecule has 0 saturated heterocycles. The molecule has 19 heavy (non-hydrogen) atoms. The van der Waals surface area contributed by atoms with Gasteiger partial charge in [0.05, 0.1) is 0 Å². The lowest BCUT2D eigenvalue weighted by Crippen LogP contribution is -2.33. The van der Waals surface area contributed by atoms with Crippen molar-refractivity contribution in [3.8, 4) is 0 Å². The molecule has 2 N–H and O–H groups in total. The second kappa shape index (κ2) is 5.55. The van der Waals surface area contributed by atoms with Crippen molar-refractivity contribution in [1.29, 1.82) is 0 Å². The topological polar surface area (TPSA) is 66.9 Å². The van der Waals surface area contributed by atoms with Crippen LogP contribution >= 0.6 is 0 Å². The van der Waals surface area contributed by atoms with E-state index >= 15 is 0 Å². The average Bonchev–Trinajstić information content (AvgIpc) is 2.80. The Bertz CT molecular complexity index is 430. The molecule has 0 radical (unpaired) electrons. The second-order valence-electron chi connectivity index (χ2n) is 6.13. The van der Waals surface area contributed by atoms with Gasteiger partial charge in [-0.2, -0.15) is 0 Å². The van der Waals surface area contributed by atoms with Crippen LogP contribution < -0.4 is 10.6 Å². The first-order valence-electron chi connectivity index (χ1n) is 6.87. The van der Waals surface area contributed by atoms with Crippen LogP contribution in [0.3, 0.4) is 0 Å². The van der Waals surface area contributed by atoms with E-state index in [-0.39, 0.29) is 11.4 Å². The molecule has 104 valence electrons. The van der Waals surface area contributed by atoms with Crippen LogP contribution in [0.2, 0.25) is 0 Å². The van der Waals surface area contributed by atoms with E-state index in [1.54, 1.807) is 12.1 Å². The van der Waals surface area contributed by atoms with Gasteiger partial charge in [-0.25, -0.2) is 0 Å². The van der Waals surface area contributed by atoms with Gasteiger partial charge in [-0.1, -0.05) is 12.8 Å². The lowest BCUT2D eigenvalue weighted by atomic mass is 10.1. The Morgan fingerprint density at radius 3 is 2.42 bits per heavy atom. The fourth-order valence-electron chi connectivity index (χ4n) is 2.23. The molecule has 0 aliphatic heterocycles. The molecule has 1 aliphatic rings. The fourth-order valence-corrected chi connectivity index (χ4v) is 2.23. The standard InChI is InChI=1S/C14H22N4O/c1-14(2,3)16-12-9-8-11(17-18-12)13(19)15-10-6-4-5-7-10/h8-10H,4-7H2,1-3H3,(H,15,19)(H,16,18). The average molecular weight is 262 g/mol. The molecule has 5 nitrogen and oxygen atoms in total. The number of carbonyl (C=O) groups excluding carboxylic acids is 1. The third kappa shape index (κ3) is 4.19. The molecule has 1 saturated carbocycles. The van der Waals surface area contributed by atoms with Gasteiger partial charge in [0.1, 0.15) is 5.82 Å². The first-order valence-corrected chi connectivity index (χ1v) is 6.87. The number of amides is 1. The van der Waals surface area contributed by atoms with Crippen LogP contribution in [-0.4, -0.2) is 27.7 Å². The lowest BCUT2D eigenvalue weighted by molar-refractivity contribution is 0.0932. The van der Waals surface area contributed by atoms with Gasteiger partial charge < -0.3 is 10.6 Å². The third-order valence-electron chi connectivity index (χ3n) is 3.09. The SMILES string of the molecule is CC(C)(C)Nc1ccc(C(=O)NC2CCCC2)nn1. The largest absolute Gasteiger partial charge is 0.364 e. The molecule has 1 aromatic rings. The van der Waals surface area contributed by atoms with Crippen LogP contribution in [-0.2, 0) is 0 Å². The van der Waals surface area contributed by atoms with Gasteiger partial charge in [0.25, 0.3) is 5.91 Å². The highest BCUT2D eigenvalue weighted by molar-refractivity contribution is 5.92. The van der Waals surface area contributed by atoms with Gasteiger partial charge in [-0.15, -0.1) is 10.2 Å². The molecule has 1 aliphatic carbocycles. The maximum Gasteiger partial charge on any atom is 0.272 e. The minimum absolute atomic E-state index is 0.0672. The number of aromatic nitrogens is 2. The van der Waals surface area contributed by atoms with Crippen LogP contribution in [0, 0.1) is 0 Å². The summed E-state index contributed by atoms with van der Waals surface area (Å²) in [5, 5.41) is 14.2. The molecule has 1 heterocycles. The van der Waals surface area contributed by atoms with Gasteiger partial charge in [0.15, 0.2) is 5.69 Å².